The summed E-state index contributed by atoms with van der Waals surface area (Å²) in [5.74, 6) is 0.718. The molecule has 6 heteroatoms. The van der Waals surface area contributed by atoms with E-state index in [4.69, 9.17) is 0 Å². The number of thiol groups is 1. The molecule has 0 saturated heterocycles. The van der Waals surface area contributed by atoms with Gasteiger partial charge in [0.05, 0.1) is 5.88 Å². The molecule has 0 aliphatic heterocycles. The molecule has 0 spiro atoms. The Morgan fingerprint density at radius 3 is 2.71 bits per heavy atom. The monoisotopic (exact) mass is 253 g/mol. The van der Waals surface area contributed by atoms with Gasteiger partial charge in [0.15, 0.2) is 0 Å². The minimum absolute atomic E-state index is 0.135. The lowest BCUT2D eigenvalue weighted by Crippen LogP contribution is -2.29. The van der Waals surface area contributed by atoms with Gasteiger partial charge in [0.1, 0.15) is 5.65 Å². The maximum absolute atomic E-state index is 12.2. The predicted molar refractivity (Wildman–Crippen MR) is 71.3 cm³/mol. The van der Waals surface area contributed by atoms with Gasteiger partial charge in [-0.2, -0.15) is 4.98 Å². The zero-order chi connectivity index (χ0) is 12.6. The second kappa shape index (κ2) is 4.37. The SMILES string of the molecule is Cc1cc(=O)nc2ccn(C[SH](C)C)c(=O)n12. The van der Waals surface area contributed by atoms with Crippen LogP contribution in [0.5, 0.6) is 0 Å². The number of nitrogens with zero attached hydrogens (tertiary/aromatic N) is 3. The Bertz CT molecular complexity index is 672. The maximum atomic E-state index is 12.2. The Kier molecular flexibility index (Phi) is 3.06. The van der Waals surface area contributed by atoms with E-state index in [0.29, 0.717) is 11.3 Å². The Hall–Kier alpha value is -1.56. The van der Waals surface area contributed by atoms with Gasteiger partial charge < -0.3 is 0 Å². The topological polar surface area (TPSA) is 56.4 Å². The molecular formula is C11H15N3O2S. The summed E-state index contributed by atoms with van der Waals surface area (Å²) in [7, 11) is -0.197. The lowest BCUT2D eigenvalue weighted by atomic mass is 10.4. The van der Waals surface area contributed by atoms with Crippen molar-refractivity contribution in [2.24, 2.45) is 0 Å². The normalized spacial score (nSPS) is 11.8. The predicted octanol–water partition coefficient (Wildman–Crippen LogP) is 0.383. The van der Waals surface area contributed by atoms with E-state index >= 15 is 0 Å². The van der Waals surface area contributed by atoms with Crippen LogP contribution in [0, 0.1) is 6.92 Å². The fraction of sp³-hybridized carbons (Fsp3) is 0.364. The van der Waals surface area contributed by atoms with Crippen LogP contribution in [0.25, 0.3) is 5.65 Å². The number of hydrogen-bond donors (Lipinski definition) is 1. The van der Waals surface area contributed by atoms with Crippen molar-refractivity contribution in [3.63, 3.8) is 0 Å². The average molecular weight is 253 g/mol. The molecule has 2 heterocycles. The molecule has 2 aromatic heterocycles. The van der Waals surface area contributed by atoms with Crippen LogP contribution in [0.3, 0.4) is 0 Å². The molecular weight excluding hydrogens is 238 g/mol. The van der Waals surface area contributed by atoms with Crippen LogP contribution in [0.4, 0.5) is 0 Å². The first kappa shape index (κ1) is 11.9. The van der Waals surface area contributed by atoms with Gasteiger partial charge in [-0.25, -0.2) is 20.1 Å². The molecule has 17 heavy (non-hydrogen) atoms. The van der Waals surface area contributed by atoms with E-state index in [9.17, 15) is 9.59 Å². The first-order valence-corrected chi connectivity index (χ1v) is 7.66. The van der Waals surface area contributed by atoms with Gasteiger partial charge in [0, 0.05) is 18.0 Å². The highest BCUT2D eigenvalue weighted by Gasteiger charge is 2.05. The van der Waals surface area contributed by atoms with Gasteiger partial charge in [-0.1, -0.05) is 0 Å². The van der Waals surface area contributed by atoms with Crippen molar-refractivity contribution < 1.29 is 0 Å². The van der Waals surface area contributed by atoms with E-state index in [2.05, 4.69) is 17.5 Å². The zero-order valence-electron chi connectivity index (χ0n) is 10.0. The van der Waals surface area contributed by atoms with Gasteiger partial charge in [-0.05, 0) is 25.5 Å². The first-order valence-electron chi connectivity index (χ1n) is 5.23. The van der Waals surface area contributed by atoms with Crippen molar-refractivity contribution in [1.29, 1.82) is 0 Å². The maximum Gasteiger partial charge on any atom is 0.334 e. The quantitative estimate of drug-likeness (QED) is 0.787. The van der Waals surface area contributed by atoms with Crippen LogP contribution in [-0.4, -0.2) is 26.5 Å². The summed E-state index contributed by atoms with van der Waals surface area (Å²) in [6.45, 7) is 1.74. The number of fused-ring (bicyclic) bond motifs is 1. The molecule has 0 atom stereocenters. The van der Waals surface area contributed by atoms with Crippen molar-refractivity contribution >= 4 is 16.5 Å². The van der Waals surface area contributed by atoms with Crippen LogP contribution >= 0.6 is 10.9 Å². The van der Waals surface area contributed by atoms with Gasteiger partial charge in [0.25, 0.3) is 5.56 Å². The second-order valence-corrected chi connectivity index (χ2v) is 6.66. The van der Waals surface area contributed by atoms with Gasteiger partial charge in [0.2, 0.25) is 0 Å². The van der Waals surface area contributed by atoms with E-state index in [1.54, 1.807) is 23.8 Å². The fourth-order valence-corrected chi connectivity index (χ4v) is 2.57. The third kappa shape index (κ3) is 2.26. The van der Waals surface area contributed by atoms with E-state index < -0.39 is 0 Å². The molecule has 0 aromatic carbocycles. The van der Waals surface area contributed by atoms with Crippen LogP contribution in [-0.2, 0) is 5.88 Å². The van der Waals surface area contributed by atoms with Crippen LogP contribution in [0.2, 0.25) is 0 Å². The second-order valence-electron chi connectivity index (χ2n) is 4.22. The largest absolute Gasteiger partial charge is 0.334 e. The summed E-state index contributed by atoms with van der Waals surface area (Å²) >= 11 is 0. The van der Waals surface area contributed by atoms with Gasteiger partial charge >= 0.3 is 5.69 Å². The summed E-state index contributed by atoms with van der Waals surface area (Å²) in [6, 6.07) is 3.08. The zero-order valence-corrected chi connectivity index (χ0v) is 10.9. The highest BCUT2D eigenvalue weighted by Crippen LogP contribution is 2.14. The number of rotatable bonds is 2. The number of aryl methyl sites for hydroxylation is 1. The summed E-state index contributed by atoms with van der Waals surface area (Å²) in [6.07, 6.45) is 5.93. The van der Waals surface area contributed by atoms with Gasteiger partial charge in [-0.3, -0.25) is 9.36 Å². The van der Waals surface area contributed by atoms with E-state index in [-0.39, 0.29) is 22.1 Å². The van der Waals surface area contributed by atoms with E-state index in [1.165, 1.54) is 10.5 Å². The van der Waals surface area contributed by atoms with Crippen LogP contribution in [0.1, 0.15) is 5.69 Å². The summed E-state index contributed by atoms with van der Waals surface area (Å²) in [4.78, 5) is 27.3. The molecule has 2 aromatic rings. The van der Waals surface area contributed by atoms with Crippen molar-refractivity contribution in [3.8, 4) is 0 Å². The molecule has 0 aliphatic carbocycles. The van der Waals surface area contributed by atoms with Crippen molar-refractivity contribution in [2.45, 2.75) is 12.8 Å². The molecule has 5 nitrogen and oxygen atoms in total. The smallest absolute Gasteiger partial charge is 0.292 e. The van der Waals surface area contributed by atoms with Crippen molar-refractivity contribution in [2.75, 3.05) is 12.5 Å². The fourth-order valence-electron chi connectivity index (χ4n) is 1.74. The van der Waals surface area contributed by atoms with E-state index in [1.807, 2.05) is 0 Å². The summed E-state index contributed by atoms with van der Waals surface area (Å²) in [5.41, 5.74) is 0.584. The van der Waals surface area contributed by atoms with E-state index in [0.717, 1.165) is 5.88 Å². The Labute approximate surface area is 101 Å². The molecule has 2 rings (SSSR count). The molecule has 0 saturated carbocycles. The molecule has 0 N–H and O–H groups in total. The first-order chi connectivity index (χ1) is 7.99. The van der Waals surface area contributed by atoms with Crippen LogP contribution in [0.15, 0.2) is 27.9 Å². The Morgan fingerprint density at radius 1 is 1.35 bits per heavy atom. The molecule has 0 radical (unpaired) electrons. The van der Waals surface area contributed by atoms with Crippen LogP contribution < -0.4 is 11.2 Å². The molecule has 92 valence electrons. The molecule has 0 amide bonds. The third-order valence-electron chi connectivity index (χ3n) is 2.41. The third-order valence-corrected chi connectivity index (χ3v) is 3.29. The minimum atomic E-state index is -0.312. The highest BCUT2D eigenvalue weighted by atomic mass is 32.2. The summed E-state index contributed by atoms with van der Waals surface area (Å²) < 4.78 is 3.14. The molecule has 0 bridgehead atoms. The Balaban J connectivity index is 2.76. The molecule has 0 fully saturated rings. The highest BCUT2D eigenvalue weighted by molar-refractivity contribution is 8.14. The molecule has 0 unspecified atom stereocenters. The number of hydrogen-bond acceptors (Lipinski definition) is 3. The summed E-state index contributed by atoms with van der Waals surface area (Å²) in [5, 5.41) is 0. The lowest BCUT2D eigenvalue weighted by molar-refractivity contribution is 0.753. The Morgan fingerprint density at radius 2 is 2.06 bits per heavy atom. The lowest BCUT2D eigenvalue weighted by Gasteiger charge is -2.13. The molecule has 0 aliphatic rings. The minimum Gasteiger partial charge on any atom is -0.292 e. The van der Waals surface area contributed by atoms with Crippen molar-refractivity contribution in [3.05, 3.63) is 44.9 Å². The standard InChI is InChI=1S/C11H15N3O2S/c1-8-6-10(15)12-9-4-5-13(7-17(2)3)11(16)14(8)9/h4-6,17H,7H2,1-3H3. The average Bonchev–Trinajstić information content (AvgIpc) is 2.20. The van der Waals surface area contributed by atoms with Gasteiger partial charge in [-0.15, -0.1) is 0 Å². The van der Waals surface area contributed by atoms with Crippen molar-refractivity contribution in [1.82, 2.24) is 14.0 Å². The number of aromatic nitrogens is 3.